The van der Waals surface area contributed by atoms with Gasteiger partial charge in [0.15, 0.2) is 0 Å². The summed E-state index contributed by atoms with van der Waals surface area (Å²) in [4.78, 5) is 13.9. The number of nitrogens with zero attached hydrogens (tertiary/aromatic N) is 2. The summed E-state index contributed by atoms with van der Waals surface area (Å²) in [5.74, 6) is 0. The summed E-state index contributed by atoms with van der Waals surface area (Å²) in [5, 5.41) is 3.21. The molecule has 0 aromatic carbocycles. The molecule has 4 heteroatoms. The average Bonchev–Trinajstić information content (AvgIpc) is 1.95. The third kappa shape index (κ3) is 1.98. The molecule has 58 valence electrons. The summed E-state index contributed by atoms with van der Waals surface area (Å²) in [6, 6.07) is 3.40. The van der Waals surface area contributed by atoms with Gasteiger partial charge in [-0.3, -0.25) is 0 Å². The van der Waals surface area contributed by atoms with Gasteiger partial charge in [0, 0.05) is 5.69 Å². The standard InChI is InChI=1S/C7H7ClN2O/c1-5-6(4-9-11)2-3-7(8)10-5/h2-3H,4H2,1H3. The Morgan fingerprint density at radius 1 is 1.64 bits per heavy atom. The van der Waals surface area contributed by atoms with Gasteiger partial charge in [-0.2, -0.15) is 4.91 Å². The van der Waals surface area contributed by atoms with E-state index < -0.39 is 0 Å². The first-order chi connectivity index (χ1) is 5.24. The highest BCUT2D eigenvalue weighted by Crippen LogP contribution is 2.11. The van der Waals surface area contributed by atoms with Crippen LogP contribution >= 0.6 is 11.6 Å². The molecule has 0 N–H and O–H groups in total. The number of rotatable bonds is 2. The molecule has 0 radical (unpaired) electrons. The van der Waals surface area contributed by atoms with Crippen LogP contribution < -0.4 is 0 Å². The van der Waals surface area contributed by atoms with Crippen molar-refractivity contribution < 1.29 is 0 Å². The number of halogens is 1. The maximum absolute atomic E-state index is 9.90. The number of aromatic nitrogens is 1. The maximum Gasteiger partial charge on any atom is 0.129 e. The summed E-state index contributed by atoms with van der Waals surface area (Å²) in [6.45, 7) is 1.96. The Bertz CT molecular complexity index is 275. The van der Waals surface area contributed by atoms with Crippen LogP contribution in [-0.2, 0) is 6.54 Å². The van der Waals surface area contributed by atoms with Gasteiger partial charge in [0.1, 0.15) is 11.7 Å². The summed E-state index contributed by atoms with van der Waals surface area (Å²) >= 11 is 5.60. The first-order valence-electron chi connectivity index (χ1n) is 3.15. The molecule has 11 heavy (non-hydrogen) atoms. The zero-order valence-corrected chi connectivity index (χ0v) is 6.80. The summed E-state index contributed by atoms with van der Waals surface area (Å²) in [6.07, 6.45) is 0. The van der Waals surface area contributed by atoms with Crippen LogP contribution in [0.2, 0.25) is 5.15 Å². The van der Waals surface area contributed by atoms with E-state index in [2.05, 4.69) is 10.2 Å². The van der Waals surface area contributed by atoms with E-state index in [-0.39, 0.29) is 6.54 Å². The van der Waals surface area contributed by atoms with Gasteiger partial charge >= 0.3 is 0 Å². The lowest BCUT2D eigenvalue weighted by molar-refractivity contribution is 0.999. The van der Waals surface area contributed by atoms with E-state index in [1.54, 1.807) is 19.1 Å². The Balaban J connectivity index is 2.98. The molecular formula is C7H7ClN2O. The van der Waals surface area contributed by atoms with Crippen LogP contribution in [0.25, 0.3) is 0 Å². The van der Waals surface area contributed by atoms with Gasteiger partial charge < -0.3 is 0 Å². The lowest BCUT2D eigenvalue weighted by Gasteiger charge is -1.98. The molecule has 0 aliphatic heterocycles. The molecule has 0 aliphatic carbocycles. The monoisotopic (exact) mass is 170 g/mol. The molecule has 1 aromatic rings. The van der Waals surface area contributed by atoms with Crippen LogP contribution in [0, 0.1) is 11.8 Å². The Morgan fingerprint density at radius 2 is 2.36 bits per heavy atom. The normalized spacial score (nSPS) is 9.64. The van der Waals surface area contributed by atoms with Gasteiger partial charge in [0.25, 0.3) is 0 Å². The number of aryl methyl sites for hydroxylation is 1. The van der Waals surface area contributed by atoms with Gasteiger partial charge in [0.05, 0.1) is 0 Å². The summed E-state index contributed by atoms with van der Waals surface area (Å²) < 4.78 is 0. The number of nitroso groups, excluding NO2 is 1. The minimum atomic E-state index is 0.163. The second-order valence-corrected chi connectivity index (χ2v) is 2.55. The second kappa shape index (κ2) is 3.44. The molecule has 1 rings (SSSR count). The second-order valence-electron chi connectivity index (χ2n) is 2.17. The fraction of sp³-hybridized carbons (Fsp3) is 0.286. The third-order valence-corrected chi connectivity index (χ3v) is 1.61. The zero-order valence-electron chi connectivity index (χ0n) is 6.04. The van der Waals surface area contributed by atoms with E-state index >= 15 is 0 Å². The van der Waals surface area contributed by atoms with Crippen LogP contribution in [0.4, 0.5) is 0 Å². The molecule has 0 aliphatic rings. The van der Waals surface area contributed by atoms with Gasteiger partial charge in [-0.05, 0) is 18.6 Å². The molecule has 0 unspecified atom stereocenters. The molecule has 3 nitrogen and oxygen atoms in total. The molecule has 0 atom stereocenters. The highest BCUT2D eigenvalue weighted by atomic mass is 35.5. The maximum atomic E-state index is 9.90. The topological polar surface area (TPSA) is 42.3 Å². The van der Waals surface area contributed by atoms with Crippen LogP contribution in [0.5, 0.6) is 0 Å². The van der Waals surface area contributed by atoms with Crippen LogP contribution in [0.15, 0.2) is 17.3 Å². The Hall–Kier alpha value is -0.960. The van der Waals surface area contributed by atoms with Crippen LogP contribution in [-0.4, -0.2) is 4.98 Å². The van der Waals surface area contributed by atoms with E-state index in [0.29, 0.717) is 5.15 Å². The van der Waals surface area contributed by atoms with Gasteiger partial charge in [0.2, 0.25) is 0 Å². The van der Waals surface area contributed by atoms with Crippen molar-refractivity contribution in [1.29, 1.82) is 0 Å². The fourth-order valence-electron chi connectivity index (χ4n) is 0.796. The van der Waals surface area contributed by atoms with E-state index in [0.717, 1.165) is 11.3 Å². The van der Waals surface area contributed by atoms with Crippen molar-refractivity contribution >= 4 is 11.6 Å². The SMILES string of the molecule is Cc1nc(Cl)ccc1CN=O. The zero-order chi connectivity index (χ0) is 8.27. The van der Waals surface area contributed by atoms with E-state index in [1.165, 1.54) is 0 Å². The predicted molar refractivity (Wildman–Crippen MR) is 43.5 cm³/mol. The summed E-state index contributed by atoms with van der Waals surface area (Å²) in [5.41, 5.74) is 1.58. The molecular weight excluding hydrogens is 164 g/mol. The van der Waals surface area contributed by atoms with E-state index in [4.69, 9.17) is 11.6 Å². The van der Waals surface area contributed by atoms with Crippen molar-refractivity contribution in [3.05, 3.63) is 33.5 Å². The van der Waals surface area contributed by atoms with Gasteiger partial charge in [-0.1, -0.05) is 22.8 Å². The molecule has 1 aromatic heterocycles. The molecule has 0 fully saturated rings. The van der Waals surface area contributed by atoms with Crippen molar-refractivity contribution in [3.8, 4) is 0 Å². The summed E-state index contributed by atoms with van der Waals surface area (Å²) in [7, 11) is 0. The first kappa shape index (κ1) is 8.14. The van der Waals surface area contributed by atoms with Gasteiger partial charge in [-0.15, -0.1) is 0 Å². The van der Waals surface area contributed by atoms with E-state index in [1.807, 2.05) is 0 Å². The Morgan fingerprint density at radius 3 is 2.91 bits per heavy atom. The van der Waals surface area contributed by atoms with Crippen LogP contribution in [0.3, 0.4) is 0 Å². The molecule has 0 bridgehead atoms. The quantitative estimate of drug-likeness (QED) is 0.505. The number of hydrogen-bond donors (Lipinski definition) is 0. The Kier molecular flexibility index (Phi) is 2.54. The minimum absolute atomic E-state index is 0.163. The molecule has 0 saturated heterocycles. The first-order valence-corrected chi connectivity index (χ1v) is 3.53. The van der Waals surface area contributed by atoms with Crippen molar-refractivity contribution in [2.75, 3.05) is 0 Å². The predicted octanol–water partition coefficient (Wildman–Crippen LogP) is 2.31. The highest BCUT2D eigenvalue weighted by molar-refractivity contribution is 6.29. The number of pyridine rings is 1. The van der Waals surface area contributed by atoms with Crippen LogP contribution in [0.1, 0.15) is 11.3 Å². The van der Waals surface area contributed by atoms with Gasteiger partial charge in [-0.25, -0.2) is 4.98 Å². The smallest absolute Gasteiger partial charge is 0.129 e. The molecule has 0 spiro atoms. The lowest BCUT2D eigenvalue weighted by atomic mass is 10.2. The highest BCUT2D eigenvalue weighted by Gasteiger charge is 1.99. The molecule has 1 heterocycles. The number of hydrogen-bond acceptors (Lipinski definition) is 3. The lowest BCUT2D eigenvalue weighted by Crippen LogP contribution is -1.90. The largest absolute Gasteiger partial charge is 0.241 e. The van der Waals surface area contributed by atoms with Crippen molar-refractivity contribution in [3.63, 3.8) is 0 Å². The van der Waals surface area contributed by atoms with E-state index in [9.17, 15) is 4.91 Å². The minimum Gasteiger partial charge on any atom is -0.241 e. The fourth-order valence-corrected chi connectivity index (χ4v) is 0.986. The van der Waals surface area contributed by atoms with Crippen molar-refractivity contribution in [1.82, 2.24) is 4.98 Å². The van der Waals surface area contributed by atoms with Crippen molar-refractivity contribution in [2.24, 2.45) is 5.18 Å². The Labute approximate surface area is 69.4 Å². The average molecular weight is 171 g/mol. The third-order valence-electron chi connectivity index (χ3n) is 1.40. The van der Waals surface area contributed by atoms with Crippen molar-refractivity contribution in [2.45, 2.75) is 13.5 Å². The molecule has 0 saturated carbocycles. The molecule has 0 amide bonds.